The molecule has 1 aliphatic rings. The maximum absolute atomic E-state index is 10.2. The first-order chi connectivity index (χ1) is 6.68. The maximum atomic E-state index is 10.2. The Bertz CT molecular complexity index is 313. The Morgan fingerprint density at radius 1 is 1.50 bits per heavy atom. The summed E-state index contributed by atoms with van der Waals surface area (Å²) in [6.45, 7) is 1.97. The van der Waals surface area contributed by atoms with Crippen LogP contribution in [0.5, 0.6) is 0 Å². The first-order valence-corrected chi connectivity index (χ1v) is 5.36. The minimum absolute atomic E-state index is 0.300. The zero-order chi connectivity index (χ0) is 10.1. The number of rotatable bonds is 2. The molecule has 0 saturated heterocycles. The molecule has 0 spiro atoms. The fraction of sp³-hybridized carbons (Fsp3) is 0.727. The summed E-state index contributed by atoms with van der Waals surface area (Å²) in [7, 11) is 1.90. The molecule has 3 nitrogen and oxygen atoms in total. The van der Waals surface area contributed by atoms with Crippen LogP contribution in [0.15, 0.2) is 6.20 Å². The van der Waals surface area contributed by atoms with Gasteiger partial charge in [-0.3, -0.25) is 4.68 Å². The maximum Gasteiger partial charge on any atom is 0.0851 e. The number of aromatic nitrogens is 2. The number of aliphatic hydroxyl groups excluding tert-OH is 1. The molecule has 1 N–H and O–H groups in total. The normalized spacial score (nSPS) is 20.2. The van der Waals surface area contributed by atoms with E-state index in [1.54, 1.807) is 4.68 Å². The van der Waals surface area contributed by atoms with Gasteiger partial charge in [0.1, 0.15) is 0 Å². The monoisotopic (exact) mass is 194 g/mol. The van der Waals surface area contributed by atoms with Crippen molar-refractivity contribution in [1.29, 1.82) is 0 Å². The lowest BCUT2D eigenvalue weighted by atomic mass is 9.95. The van der Waals surface area contributed by atoms with E-state index in [1.807, 2.05) is 20.2 Å². The van der Waals surface area contributed by atoms with Crippen LogP contribution >= 0.6 is 0 Å². The predicted molar refractivity (Wildman–Crippen MR) is 54.9 cm³/mol. The molecule has 1 heterocycles. The van der Waals surface area contributed by atoms with Gasteiger partial charge in [0.05, 0.1) is 11.8 Å². The largest absolute Gasteiger partial charge is 0.388 e. The Balaban J connectivity index is 2.17. The van der Waals surface area contributed by atoms with Crippen LogP contribution in [0.1, 0.15) is 43.0 Å². The van der Waals surface area contributed by atoms with Crippen LogP contribution in [0.2, 0.25) is 0 Å². The summed E-state index contributed by atoms with van der Waals surface area (Å²) in [5, 5.41) is 14.4. The number of aliphatic hydroxyl groups is 1. The van der Waals surface area contributed by atoms with E-state index in [9.17, 15) is 5.11 Å². The first-order valence-electron chi connectivity index (χ1n) is 5.36. The minimum atomic E-state index is -0.300. The van der Waals surface area contributed by atoms with Crippen molar-refractivity contribution in [2.75, 3.05) is 0 Å². The average molecular weight is 194 g/mol. The molecule has 1 atom stereocenters. The van der Waals surface area contributed by atoms with E-state index < -0.39 is 0 Å². The van der Waals surface area contributed by atoms with Gasteiger partial charge < -0.3 is 5.11 Å². The van der Waals surface area contributed by atoms with Gasteiger partial charge in [0, 0.05) is 18.8 Å². The Morgan fingerprint density at radius 2 is 2.14 bits per heavy atom. The van der Waals surface area contributed by atoms with Gasteiger partial charge in [0.2, 0.25) is 0 Å². The Labute approximate surface area is 84.7 Å². The van der Waals surface area contributed by atoms with E-state index in [-0.39, 0.29) is 6.10 Å². The molecule has 0 aliphatic heterocycles. The highest BCUT2D eigenvalue weighted by Gasteiger charge is 2.26. The molecular formula is C11H18N2O. The van der Waals surface area contributed by atoms with Crippen LogP contribution in [0.3, 0.4) is 0 Å². The molecule has 0 amide bonds. The summed E-state index contributed by atoms with van der Waals surface area (Å²) < 4.78 is 1.78. The summed E-state index contributed by atoms with van der Waals surface area (Å²) in [4.78, 5) is 0. The van der Waals surface area contributed by atoms with Gasteiger partial charge in [0.25, 0.3) is 0 Å². The van der Waals surface area contributed by atoms with Crippen LogP contribution < -0.4 is 0 Å². The van der Waals surface area contributed by atoms with E-state index in [0.717, 1.165) is 24.1 Å². The molecule has 2 rings (SSSR count). The minimum Gasteiger partial charge on any atom is -0.388 e. The number of aryl methyl sites for hydroxylation is 2. The zero-order valence-electron chi connectivity index (χ0n) is 8.90. The summed E-state index contributed by atoms with van der Waals surface area (Å²) in [5.41, 5.74) is 1.98. The van der Waals surface area contributed by atoms with Crippen molar-refractivity contribution in [3.63, 3.8) is 0 Å². The van der Waals surface area contributed by atoms with Crippen LogP contribution in [-0.4, -0.2) is 14.9 Å². The molecule has 0 bridgehead atoms. The highest BCUT2D eigenvalue weighted by Crippen LogP contribution is 2.36. The molecule has 0 radical (unpaired) electrons. The average Bonchev–Trinajstić information content (AvgIpc) is 2.73. The van der Waals surface area contributed by atoms with Crippen molar-refractivity contribution in [2.45, 2.75) is 38.7 Å². The zero-order valence-corrected chi connectivity index (χ0v) is 8.90. The second-order valence-corrected chi connectivity index (χ2v) is 4.33. The molecule has 1 aromatic rings. The summed E-state index contributed by atoms with van der Waals surface area (Å²) >= 11 is 0. The van der Waals surface area contributed by atoms with Gasteiger partial charge in [0.15, 0.2) is 0 Å². The third kappa shape index (κ3) is 1.69. The smallest absolute Gasteiger partial charge is 0.0851 e. The molecule has 0 aromatic carbocycles. The van der Waals surface area contributed by atoms with Gasteiger partial charge in [-0.15, -0.1) is 0 Å². The SMILES string of the molecule is Cc1nn(C)cc1C(O)C1CCCC1. The van der Waals surface area contributed by atoms with Crippen molar-refractivity contribution < 1.29 is 5.11 Å². The highest BCUT2D eigenvalue weighted by molar-refractivity contribution is 5.19. The van der Waals surface area contributed by atoms with Crippen molar-refractivity contribution in [3.8, 4) is 0 Å². The quantitative estimate of drug-likeness (QED) is 0.781. The fourth-order valence-corrected chi connectivity index (χ4v) is 2.44. The van der Waals surface area contributed by atoms with E-state index in [1.165, 1.54) is 12.8 Å². The third-order valence-corrected chi connectivity index (χ3v) is 3.22. The molecule has 3 heteroatoms. The second kappa shape index (κ2) is 3.73. The summed E-state index contributed by atoms with van der Waals surface area (Å²) in [6.07, 6.45) is 6.50. The summed E-state index contributed by atoms with van der Waals surface area (Å²) in [5.74, 6) is 0.456. The van der Waals surface area contributed by atoms with E-state index in [2.05, 4.69) is 5.10 Å². The van der Waals surface area contributed by atoms with Gasteiger partial charge >= 0.3 is 0 Å². The Morgan fingerprint density at radius 3 is 2.64 bits per heavy atom. The first kappa shape index (κ1) is 9.71. The fourth-order valence-electron chi connectivity index (χ4n) is 2.44. The van der Waals surface area contributed by atoms with Crippen LogP contribution in [0, 0.1) is 12.8 Å². The van der Waals surface area contributed by atoms with Crippen molar-refractivity contribution in [2.24, 2.45) is 13.0 Å². The third-order valence-electron chi connectivity index (χ3n) is 3.22. The van der Waals surface area contributed by atoms with Crippen molar-refractivity contribution in [1.82, 2.24) is 9.78 Å². The molecule has 78 valence electrons. The molecule has 1 aromatic heterocycles. The summed E-state index contributed by atoms with van der Waals surface area (Å²) in [6, 6.07) is 0. The van der Waals surface area contributed by atoms with Gasteiger partial charge in [-0.25, -0.2) is 0 Å². The molecule has 14 heavy (non-hydrogen) atoms. The Hall–Kier alpha value is -0.830. The number of hydrogen-bond donors (Lipinski definition) is 1. The molecule has 1 aliphatic carbocycles. The number of nitrogens with zero attached hydrogens (tertiary/aromatic N) is 2. The standard InChI is InChI=1S/C11H18N2O/c1-8-10(7-13(2)12-8)11(14)9-5-3-4-6-9/h7,9,11,14H,3-6H2,1-2H3. The molecular weight excluding hydrogens is 176 g/mol. The lowest BCUT2D eigenvalue weighted by molar-refractivity contribution is 0.111. The molecule has 1 fully saturated rings. The molecule has 1 unspecified atom stereocenters. The van der Waals surface area contributed by atoms with Gasteiger partial charge in [-0.05, 0) is 25.7 Å². The van der Waals surface area contributed by atoms with E-state index >= 15 is 0 Å². The second-order valence-electron chi connectivity index (χ2n) is 4.33. The number of hydrogen-bond acceptors (Lipinski definition) is 2. The van der Waals surface area contributed by atoms with Crippen LogP contribution in [0.25, 0.3) is 0 Å². The lowest BCUT2D eigenvalue weighted by Crippen LogP contribution is -2.09. The topological polar surface area (TPSA) is 38.0 Å². The lowest BCUT2D eigenvalue weighted by Gasteiger charge is -2.16. The van der Waals surface area contributed by atoms with E-state index in [0.29, 0.717) is 5.92 Å². The van der Waals surface area contributed by atoms with Crippen LogP contribution in [-0.2, 0) is 7.05 Å². The highest BCUT2D eigenvalue weighted by atomic mass is 16.3. The predicted octanol–water partition coefficient (Wildman–Crippen LogP) is 1.95. The van der Waals surface area contributed by atoms with Gasteiger partial charge in [-0.1, -0.05) is 12.8 Å². The van der Waals surface area contributed by atoms with Crippen molar-refractivity contribution in [3.05, 3.63) is 17.5 Å². The van der Waals surface area contributed by atoms with Crippen LogP contribution in [0.4, 0.5) is 0 Å². The van der Waals surface area contributed by atoms with E-state index in [4.69, 9.17) is 0 Å². The van der Waals surface area contributed by atoms with Gasteiger partial charge in [-0.2, -0.15) is 5.10 Å². The Kier molecular flexibility index (Phi) is 2.59. The molecule has 1 saturated carbocycles. The van der Waals surface area contributed by atoms with Crippen molar-refractivity contribution >= 4 is 0 Å².